The SMILES string of the molecule is CC(C)c1noc(CC2CCN(c3ncnc4c3cnn4C)CC2)n1. The lowest BCUT2D eigenvalue weighted by Crippen LogP contribution is -2.35. The van der Waals surface area contributed by atoms with Crippen molar-refractivity contribution in [3.05, 3.63) is 24.2 Å². The Labute approximate surface area is 146 Å². The van der Waals surface area contributed by atoms with Crippen LogP contribution in [0.15, 0.2) is 17.0 Å². The summed E-state index contributed by atoms with van der Waals surface area (Å²) in [5.74, 6) is 3.42. The average molecular weight is 341 g/mol. The first kappa shape index (κ1) is 16.0. The van der Waals surface area contributed by atoms with E-state index in [0.717, 1.165) is 60.9 Å². The van der Waals surface area contributed by atoms with Crippen molar-refractivity contribution in [1.82, 2.24) is 29.9 Å². The molecular weight excluding hydrogens is 318 g/mol. The van der Waals surface area contributed by atoms with Crippen LogP contribution in [0.3, 0.4) is 0 Å². The Morgan fingerprint density at radius 3 is 2.76 bits per heavy atom. The van der Waals surface area contributed by atoms with E-state index in [9.17, 15) is 0 Å². The minimum atomic E-state index is 0.305. The first-order valence-corrected chi connectivity index (χ1v) is 8.82. The minimum absolute atomic E-state index is 0.305. The number of nitrogens with zero attached hydrogens (tertiary/aromatic N) is 7. The molecule has 8 heteroatoms. The number of hydrogen-bond donors (Lipinski definition) is 0. The number of rotatable bonds is 4. The monoisotopic (exact) mass is 341 g/mol. The molecule has 1 aliphatic rings. The molecule has 0 spiro atoms. The Balaban J connectivity index is 1.42. The van der Waals surface area contributed by atoms with Gasteiger partial charge in [0, 0.05) is 32.5 Å². The highest BCUT2D eigenvalue weighted by atomic mass is 16.5. The fourth-order valence-electron chi connectivity index (χ4n) is 3.38. The van der Waals surface area contributed by atoms with E-state index in [1.165, 1.54) is 0 Å². The molecule has 1 saturated heterocycles. The zero-order chi connectivity index (χ0) is 17.4. The van der Waals surface area contributed by atoms with Crippen LogP contribution < -0.4 is 4.90 Å². The zero-order valence-electron chi connectivity index (χ0n) is 14.9. The number of piperidine rings is 1. The molecule has 1 fully saturated rings. The van der Waals surface area contributed by atoms with Crippen LogP contribution in [0, 0.1) is 5.92 Å². The van der Waals surface area contributed by atoms with Gasteiger partial charge < -0.3 is 9.42 Å². The predicted molar refractivity (Wildman–Crippen MR) is 93.3 cm³/mol. The van der Waals surface area contributed by atoms with Crippen LogP contribution in [0.1, 0.15) is 44.3 Å². The van der Waals surface area contributed by atoms with Gasteiger partial charge in [-0.1, -0.05) is 19.0 Å². The summed E-state index contributed by atoms with van der Waals surface area (Å²) < 4.78 is 7.18. The minimum Gasteiger partial charge on any atom is -0.356 e. The van der Waals surface area contributed by atoms with E-state index in [2.05, 4.69) is 44.0 Å². The Morgan fingerprint density at radius 2 is 2.04 bits per heavy atom. The highest BCUT2D eigenvalue weighted by molar-refractivity contribution is 5.86. The van der Waals surface area contributed by atoms with Gasteiger partial charge in [0.05, 0.1) is 11.6 Å². The van der Waals surface area contributed by atoms with Gasteiger partial charge in [-0.05, 0) is 18.8 Å². The number of fused-ring (bicyclic) bond motifs is 1. The molecule has 3 aromatic rings. The lowest BCUT2D eigenvalue weighted by Gasteiger charge is -2.32. The van der Waals surface area contributed by atoms with Crippen molar-refractivity contribution in [2.24, 2.45) is 13.0 Å². The van der Waals surface area contributed by atoms with E-state index in [4.69, 9.17) is 4.52 Å². The van der Waals surface area contributed by atoms with E-state index in [1.807, 2.05) is 13.2 Å². The topological polar surface area (TPSA) is 85.8 Å². The maximum atomic E-state index is 5.39. The Morgan fingerprint density at radius 1 is 1.24 bits per heavy atom. The molecule has 25 heavy (non-hydrogen) atoms. The van der Waals surface area contributed by atoms with Crippen LogP contribution in [-0.2, 0) is 13.5 Å². The zero-order valence-corrected chi connectivity index (χ0v) is 14.9. The average Bonchev–Trinajstić information content (AvgIpc) is 3.23. The van der Waals surface area contributed by atoms with E-state index >= 15 is 0 Å². The van der Waals surface area contributed by atoms with Gasteiger partial charge in [-0.3, -0.25) is 4.68 Å². The molecule has 3 aromatic heterocycles. The number of hydrogen-bond acceptors (Lipinski definition) is 7. The molecule has 1 aliphatic heterocycles. The summed E-state index contributed by atoms with van der Waals surface area (Å²) in [6, 6.07) is 0. The number of anilines is 1. The van der Waals surface area contributed by atoms with Crippen molar-refractivity contribution < 1.29 is 4.52 Å². The Kier molecular flexibility index (Phi) is 4.10. The smallest absolute Gasteiger partial charge is 0.226 e. The van der Waals surface area contributed by atoms with Gasteiger partial charge in [0.15, 0.2) is 11.5 Å². The van der Waals surface area contributed by atoms with Crippen LogP contribution in [0.2, 0.25) is 0 Å². The van der Waals surface area contributed by atoms with Crippen LogP contribution >= 0.6 is 0 Å². The molecular formula is C17H23N7O. The molecule has 0 amide bonds. The van der Waals surface area contributed by atoms with Gasteiger partial charge in [-0.2, -0.15) is 10.1 Å². The summed E-state index contributed by atoms with van der Waals surface area (Å²) in [6.07, 6.45) is 6.51. The first-order chi connectivity index (χ1) is 12.1. The fraction of sp³-hybridized carbons (Fsp3) is 0.588. The van der Waals surface area contributed by atoms with E-state index in [-0.39, 0.29) is 0 Å². The van der Waals surface area contributed by atoms with Crippen LogP contribution in [0.4, 0.5) is 5.82 Å². The molecule has 0 bridgehead atoms. The fourth-order valence-corrected chi connectivity index (χ4v) is 3.38. The molecule has 0 aliphatic carbocycles. The van der Waals surface area contributed by atoms with Gasteiger partial charge in [0.25, 0.3) is 0 Å². The van der Waals surface area contributed by atoms with Gasteiger partial charge in [-0.25, -0.2) is 9.97 Å². The van der Waals surface area contributed by atoms with Gasteiger partial charge >= 0.3 is 0 Å². The first-order valence-electron chi connectivity index (χ1n) is 8.82. The lowest BCUT2D eigenvalue weighted by atomic mass is 9.93. The third kappa shape index (κ3) is 3.08. The second-order valence-electron chi connectivity index (χ2n) is 7.04. The van der Waals surface area contributed by atoms with Crippen molar-refractivity contribution in [2.75, 3.05) is 18.0 Å². The second kappa shape index (κ2) is 6.42. The molecule has 0 aromatic carbocycles. The van der Waals surface area contributed by atoms with Gasteiger partial charge in [0.2, 0.25) is 5.89 Å². The normalized spacial score (nSPS) is 16.2. The van der Waals surface area contributed by atoms with Crippen LogP contribution in [0.25, 0.3) is 11.0 Å². The van der Waals surface area contributed by atoms with Crippen LogP contribution in [-0.4, -0.2) is 43.0 Å². The second-order valence-corrected chi connectivity index (χ2v) is 7.04. The Hall–Kier alpha value is -2.51. The lowest BCUT2D eigenvalue weighted by molar-refractivity contribution is 0.322. The predicted octanol–water partition coefficient (Wildman–Crippen LogP) is 2.33. The maximum absolute atomic E-state index is 5.39. The summed E-state index contributed by atoms with van der Waals surface area (Å²) in [6.45, 7) is 6.09. The van der Waals surface area contributed by atoms with Crippen molar-refractivity contribution in [1.29, 1.82) is 0 Å². The van der Waals surface area contributed by atoms with E-state index in [1.54, 1.807) is 11.0 Å². The van der Waals surface area contributed by atoms with Crippen molar-refractivity contribution >= 4 is 16.9 Å². The molecule has 8 nitrogen and oxygen atoms in total. The molecule has 4 heterocycles. The molecule has 4 rings (SSSR count). The van der Waals surface area contributed by atoms with Gasteiger partial charge in [0.1, 0.15) is 12.1 Å². The molecule has 0 N–H and O–H groups in total. The summed E-state index contributed by atoms with van der Waals surface area (Å²) in [5, 5.41) is 9.37. The summed E-state index contributed by atoms with van der Waals surface area (Å²) in [5.41, 5.74) is 0.874. The highest BCUT2D eigenvalue weighted by Crippen LogP contribution is 2.28. The van der Waals surface area contributed by atoms with Crippen molar-refractivity contribution in [3.63, 3.8) is 0 Å². The quantitative estimate of drug-likeness (QED) is 0.720. The van der Waals surface area contributed by atoms with E-state index in [0.29, 0.717) is 11.8 Å². The van der Waals surface area contributed by atoms with Gasteiger partial charge in [-0.15, -0.1) is 0 Å². The van der Waals surface area contributed by atoms with Crippen molar-refractivity contribution in [3.8, 4) is 0 Å². The molecule has 0 saturated carbocycles. The van der Waals surface area contributed by atoms with Crippen LogP contribution in [0.5, 0.6) is 0 Å². The number of aryl methyl sites for hydroxylation is 1. The summed E-state index contributed by atoms with van der Waals surface area (Å²) >= 11 is 0. The van der Waals surface area contributed by atoms with Crippen molar-refractivity contribution in [2.45, 2.75) is 39.0 Å². The molecule has 132 valence electrons. The van der Waals surface area contributed by atoms with E-state index < -0.39 is 0 Å². The molecule has 0 atom stereocenters. The summed E-state index contributed by atoms with van der Waals surface area (Å²) in [4.78, 5) is 15.6. The third-order valence-electron chi connectivity index (χ3n) is 4.89. The highest BCUT2D eigenvalue weighted by Gasteiger charge is 2.24. The third-order valence-corrected chi connectivity index (χ3v) is 4.89. The molecule has 0 radical (unpaired) electrons. The summed E-state index contributed by atoms with van der Waals surface area (Å²) in [7, 11) is 1.90. The maximum Gasteiger partial charge on any atom is 0.226 e. The number of aromatic nitrogens is 6. The largest absolute Gasteiger partial charge is 0.356 e. The standard InChI is InChI=1S/C17H23N7O/c1-11(2)15-21-14(25-22-15)8-12-4-6-24(7-5-12)17-13-9-20-23(3)16(13)18-10-19-17/h9-12H,4-8H2,1-3H3. The molecule has 0 unspecified atom stereocenters. The Bertz CT molecular complexity index is 861.